The van der Waals surface area contributed by atoms with Gasteiger partial charge in [0.05, 0.1) is 24.3 Å². The maximum Gasteiger partial charge on any atom is 0.258 e. The monoisotopic (exact) mass is 414 g/mol. The van der Waals surface area contributed by atoms with E-state index in [-0.39, 0.29) is 18.6 Å². The number of carbonyl (C=O) groups is 1. The number of thiophene rings is 1. The minimum absolute atomic E-state index is 0.0956. The third kappa shape index (κ3) is 5.34. The standard InChI is InChI=1S/C18H20Cl2N2O3S/c19-13-3-4-16(14(20)10-13)25-12-18(23)21-11-15(17-2-1-9-26-17)22-5-7-24-8-6-22/h1-4,9-10,15H,5-8,11-12H2,(H,21,23). The Morgan fingerprint density at radius 3 is 2.81 bits per heavy atom. The van der Waals surface area contributed by atoms with Gasteiger partial charge in [-0.15, -0.1) is 11.3 Å². The number of halogens is 2. The Morgan fingerprint density at radius 1 is 1.31 bits per heavy atom. The molecule has 0 bridgehead atoms. The van der Waals surface area contributed by atoms with Crippen molar-refractivity contribution in [2.75, 3.05) is 39.5 Å². The molecular formula is C18H20Cl2N2O3S. The summed E-state index contributed by atoms with van der Waals surface area (Å²) in [5.41, 5.74) is 0. The highest BCUT2D eigenvalue weighted by atomic mass is 35.5. The van der Waals surface area contributed by atoms with E-state index in [1.54, 1.807) is 29.5 Å². The van der Waals surface area contributed by atoms with E-state index >= 15 is 0 Å². The van der Waals surface area contributed by atoms with Crippen LogP contribution < -0.4 is 10.1 Å². The summed E-state index contributed by atoms with van der Waals surface area (Å²) >= 11 is 13.6. The van der Waals surface area contributed by atoms with Gasteiger partial charge < -0.3 is 14.8 Å². The molecule has 1 fully saturated rings. The fourth-order valence-electron chi connectivity index (χ4n) is 2.78. The Morgan fingerprint density at radius 2 is 2.12 bits per heavy atom. The van der Waals surface area contributed by atoms with Crippen LogP contribution in [-0.4, -0.2) is 50.3 Å². The van der Waals surface area contributed by atoms with Gasteiger partial charge in [-0.3, -0.25) is 9.69 Å². The van der Waals surface area contributed by atoms with Crippen LogP contribution in [0.2, 0.25) is 10.0 Å². The van der Waals surface area contributed by atoms with Gasteiger partial charge in [0, 0.05) is 29.5 Å². The molecular weight excluding hydrogens is 395 g/mol. The van der Waals surface area contributed by atoms with Crippen molar-refractivity contribution in [2.45, 2.75) is 6.04 Å². The van der Waals surface area contributed by atoms with Crippen molar-refractivity contribution in [2.24, 2.45) is 0 Å². The van der Waals surface area contributed by atoms with E-state index in [0.717, 1.165) is 13.1 Å². The quantitative estimate of drug-likeness (QED) is 0.751. The number of nitrogens with zero attached hydrogens (tertiary/aromatic N) is 1. The zero-order valence-electron chi connectivity index (χ0n) is 14.1. The lowest BCUT2D eigenvalue weighted by Crippen LogP contribution is -2.44. The van der Waals surface area contributed by atoms with Gasteiger partial charge in [-0.05, 0) is 29.6 Å². The van der Waals surface area contributed by atoms with E-state index in [1.807, 2.05) is 6.07 Å². The summed E-state index contributed by atoms with van der Waals surface area (Å²) in [6, 6.07) is 9.18. The summed E-state index contributed by atoms with van der Waals surface area (Å²) in [5, 5.41) is 5.92. The van der Waals surface area contributed by atoms with Gasteiger partial charge in [-0.25, -0.2) is 0 Å². The van der Waals surface area contributed by atoms with Crippen molar-refractivity contribution in [3.05, 3.63) is 50.6 Å². The Labute approximate surface area is 166 Å². The van der Waals surface area contributed by atoms with Crippen molar-refractivity contribution in [3.63, 3.8) is 0 Å². The molecule has 5 nitrogen and oxygen atoms in total. The fraction of sp³-hybridized carbons (Fsp3) is 0.389. The van der Waals surface area contributed by atoms with Crippen LogP contribution in [0, 0.1) is 0 Å². The maximum absolute atomic E-state index is 12.2. The number of carbonyl (C=O) groups excluding carboxylic acids is 1. The van der Waals surface area contributed by atoms with Crippen molar-refractivity contribution in [1.82, 2.24) is 10.2 Å². The maximum atomic E-state index is 12.2. The predicted octanol–water partition coefficient (Wildman–Crippen LogP) is 3.62. The Balaban J connectivity index is 1.53. The third-order valence-corrected chi connectivity index (χ3v) is 5.61. The molecule has 0 aliphatic carbocycles. The molecule has 1 aliphatic rings. The summed E-state index contributed by atoms with van der Waals surface area (Å²) in [7, 11) is 0. The lowest BCUT2D eigenvalue weighted by atomic mass is 10.2. The first kappa shape index (κ1) is 19.5. The number of hydrogen-bond acceptors (Lipinski definition) is 5. The van der Waals surface area contributed by atoms with Crippen LogP contribution in [0.1, 0.15) is 10.9 Å². The van der Waals surface area contributed by atoms with Crippen LogP contribution in [0.4, 0.5) is 0 Å². The molecule has 3 rings (SSSR count). The molecule has 2 aromatic rings. The first-order chi connectivity index (χ1) is 12.6. The molecule has 1 aromatic heterocycles. The number of amides is 1. The van der Waals surface area contributed by atoms with Crippen molar-refractivity contribution in [1.29, 1.82) is 0 Å². The van der Waals surface area contributed by atoms with Gasteiger partial charge in [-0.1, -0.05) is 29.3 Å². The summed E-state index contributed by atoms with van der Waals surface area (Å²) in [6.45, 7) is 3.57. The molecule has 1 atom stereocenters. The van der Waals surface area contributed by atoms with Crippen molar-refractivity contribution >= 4 is 40.4 Å². The van der Waals surface area contributed by atoms with E-state index in [9.17, 15) is 4.79 Å². The molecule has 140 valence electrons. The number of benzene rings is 1. The van der Waals surface area contributed by atoms with Gasteiger partial charge in [0.15, 0.2) is 6.61 Å². The predicted molar refractivity (Wildman–Crippen MR) is 104 cm³/mol. The zero-order valence-corrected chi connectivity index (χ0v) is 16.4. The molecule has 0 saturated carbocycles. The molecule has 1 saturated heterocycles. The lowest BCUT2D eigenvalue weighted by molar-refractivity contribution is -0.123. The van der Waals surface area contributed by atoms with Crippen molar-refractivity contribution < 1.29 is 14.3 Å². The summed E-state index contributed by atoms with van der Waals surface area (Å²) in [4.78, 5) is 15.8. The van der Waals surface area contributed by atoms with Crippen LogP contribution in [0.15, 0.2) is 35.7 Å². The molecule has 1 aliphatic heterocycles. The van der Waals surface area contributed by atoms with Crippen LogP contribution >= 0.6 is 34.5 Å². The highest BCUT2D eigenvalue weighted by Gasteiger charge is 2.24. The topological polar surface area (TPSA) is 50.8 Å². The van der Waals surface area contributed by atoms with Gasteiger partial charge in [0.1, 0.15) is 5.75 Å². The molecule has 1 amide bonds. The Hall–Kier alpha value is -1.31. The van der Waals surface area contributed by atoms with Crippen molar-refractivity contribution in [3.8, 4) is 5.75 Å². The van der Waals surface area contributed by atoms with Crippen LogP contribution in [0.3, 0.4) is 0 Å². The average molecular weight is 415 g/mol. The highest BCUT2D eigenvalue weighted by molar-refractivity contribution is 7.10. The third-order valence-electron chi connectivity index (χ3n) is 4.10. The molecule has 2 heterocycles. The Kier molecular flexibility index (Phi) is 7.16. The number of ether oxygens (including phenoxy) is 2. The van der Waals surface area contributed by atoms with Crippen LogP contribution in [0.25, 0.3) is 0 Å². The SMILES string of the molecule is O=C(COc1ccc(Cl)cc1Cl)NCC(c1cccs1)N1CCOCC1. The smallest absolute Gasteiger partial charge is 0.258 e. The number of nitrogens with one attached hydrogen (secondary N) is 1. The lowest BCUT2D eigenvalue weighted by Gasteiger charge is -2.34. The van der Waals surface area contributed by atoms with E-state index < -0.39 is 0 Å². The molecule has 1 aromatic carbocycles. The first-order valence-corrected chi connectivity index (χ1v) is 9.97. The normalized spacial score (nSPS) is 16.2. The van der Waals surface area contributed by atoms with E-state index in [0.29, 0.717) is 35.6 Å². The molecule has 1 N–H and O–H groups in total. The van der Waals surface area contributed by atoms with Crippen LogP contribution in [0.5, 0.6) is 5.75 Å². The molecule has 8 heteroatoms. The summed E-state index contributed by atoms with van der Waals surface area (Å²) < 4.78 is 10.9. The summed E-state index contributed by atoms with van der Waals surface area (Å²) in [5.74, 6) is 0.250. The first-order valence-electron chi connectivity index (χ1n) is 8.33. The van der Waals surface area contributed by atoms with E-state index in [2.05, 4.69) is 21.7 Å². The summed E-state index contributed by atoms with van der Waals surface area (Å²) in [6.07, 6.45) is 0. The van der Waals surface area contributed by atoms with Gasteiger partial charge in [0.25, 0.3) is 5.91 Å². The minimum Gasteiger partial charge on any atom is -0.482 e. The van der Waals surface area contributed by atoms with Gasteiger partial charge in [-0.2, -0.15) is 0 Å². The van der Waals surface area contributed by atoms with E-state index in [4.69, 9.17) is 32.7 Å². The minimum atomic E-state index is -0.189. The number of hydrogen-bond donors (Lipinski definition) is 1. The average Bonchev–Trinajstić information content (AvgIpc) is 3.16. The molecule has 0 radical (unpaired) electrons. The van der Waals surface area contributed by atoms with Gasteiger partial charge in [0.2, 0.25) is 0 Å². The number of rotatable bonds is 7. The Bertz CT molecular complexity index is 721. The van der Waals surface area contributed by atoms with Gasteiger partial charge >= 0.3 is 0 Å². The second kappa shape index (κ2) is 9.58. The van der Waals surface area contributed by atoms with E-state index in [1.165, 1.54) is 4.88 Å². The second-order valence-electron chi connectivity index (χ2n) is 5.85. The second-order valence-corrected chi connectivity index (χ2v) is 7.67. The largest absolute Gasteiger partial charge is 0.482 e. The highest BCUT2D eigenvalue weighted by Crippen LogP contribution is 2.28. The number of morpholine rings is 1. The zero-order chi connectivity index (χ0) is 18.4. The van der Waals surface area contributed by atoms with Crippen LogP contribution in [-0.2, 0) is 9.53 Å². The fourth-order valence-corrected chi connectivity index (χ4v) is 4.10. The molecule has 1 unspecified atom stereocenters. The molecule has 0 spiro atoms. The molecule has 26 heavy (non-hydrogen) atoms.